The summed E-state index contributed by atoms with van der Waals surface area (Å²) in [5.74, 6) is 0.741. The monoisotopic (exact) mass is 244 g/mol. The first-order valence-corrected chi connectivity index (χ1v) is 6.64. The second kappa shape index (κ2) is 10.5. The average molecular weight is 244 g/mol. The molecule has 0 aromatic carbocycles. The first kappa shape index (κ1) is 16.4. The lowest BCUT2D eigenvalue weighted by atomic mass is 10.1. The molecule has 102 valence electrons. The molecule has 1 unspecified atom stereocenters. The highest BCUT2D eigenvalue weighted by molar-refractivity contribution is 5.78. The maximum absolute atomic E-state index is 11.4. The van der Waals surface area contributed by atoms with Crippen LogP contribution in [0, 0.1) is 5.92 Å². The van der Waals surface area contributed by atoms with Gasteiger partial charge in [-0.15, -0.1) is 0 Å². The second-order valence-electron chi connectivity index (χ2n) is 4.85. The van der Waals surface area contributed by atoms with E-state index in [1.165, 1.54) is 0 Å². The van der Waals surface area contributed by atoms with Gasteiger partial charge in [0.1, 0.15) is 0 Å². The molecule has 0 aromatic rings. The van der Waals surface area contributed by atoms with Crippen LogP contribution < -0.4 is 10.6 Å². The molecule has 0 bridgehead atoms. The fraction of sp³-hybridized carbons (Fsp3) is 0.923. The Morgan fingerprint density at radius 3 is 2.53 bits per heavy atom. The molecule has 0 rings (SSSR count). The molecule has 0 saturated heterocycles. The second-order valence-corrected chi connectivity index (χ2v) is 4.85. The molecule has 2 N–H and O–H groups in total. The van der Waals surface area contributed by atoms with Gasteiger partial charge in [-0.05, 0) is 25.7 Å². The van der Waals surface area contributed by atoms with E-state index < -0.39 is 0 Å². The predicted molar refractivity (Wildman–Crippen MR) is 71.0 cm³/mol. The number of hydrogen-bond donors (Lipinski definition) is 2. The molecular weight excluding hydrogens is 216 g/mol. The molecule has 4 nitrogen and oxygen atoms in total. The summed E-state index contributed by atoms with van der Waals surface area (Å²) in [7, 11) is 0. The standard InChI is InChI=1S/C13H28N2O2/c1-5-12(4)15-13(16)10-14-7-9-17-8-6-11(2)3/h11-12,14H,5-10H2,1-4H3,(H,15,16). The molecule has 0 aliphatic rings. The summed E-state index contributed by atoms with van der Waals surface area (Å²) in [6, 6.07) is 0.256. The highest BCUT2D eigenvalue weighted by Crippen LogP contribution is 1.98. The maximum Gasteiger partial charge on any atom is 0.234 e. The lowest BCUT2D eigenvalue weighted by Crippen LogP contribution is -2.39. The van der Waals surface area contributed by atoms with Gasteiger partial charge >= 0.3 is 0 Å². The van der Waals surface area contributed by atoms with Crippen molar-refractivity contribution in [2.24, 2.45) is 5.92 Å². The van der Waals surface area contributed by atoms with Gasteiger partial charge in [0, 0.05) is 19.2 Å². The van der Waals surface area contributed by atoms with Gasteiger partial charge in [-0.1, -0.05) is 20.8 Å². The van der Waals surface area contributed by atoms with Crippen molar-refractivity contribution in [3.05, 3.63) is 0 Å². The Morgan fingerprint density at radius 1 is 1.24 bits per heavy atom. The third-order valence-electron chi connectivity index (χ3n) is 2.57. The van der Waals surface area contributed by atoms with Crippen LogP contribution in [-0.4, -0.2) is 38.3 Å². The zero-order valence-electron chi connectivity index (χ0n) is 11.7. The van der Waals surface area contributed by atoms with Crippen molar-refractivity contribution in [2.45, 2.75) is 46.6 Å². The Morgan fingerprint density at radius 2 is 1.94 bits per heavy atom. The Bertz CT molecular complexity index is 196. The van der Waals surface area contributed by atoms with E-state index in [-0.39, 0.29) is 11.9 Å². The molecule has 0 aromatic heterocycles. The Hall–Kier alpha value is -0.610. The summed E-state index contributed by atoms with van der Waals surface area (Å²) < 4.78 is 5.43. The van der Waals surface area contributed by atoms with Gasteiger partial charge in [0.2, 0.25) is 5.91 Å². The zero-order chi connectivity index (χ0) is 13.1. The topological polar surface area (TPSA) is 50.4 Å². The highest BCUT2D eigenvalue weighted by Gasteiger charge is 2.03. The summed E-state index contributed by atoms with van der Waals surface area (Å²) >= 11 is 0. The van der Waals surface area contributed by atoms with Crippen molar-refractivity contribution in [3.63, 3.8) is 0 Å². The van der Waals surface area contributed by atoms with Crippen LogP contribution in [0.3, 0.4) is 0 Å². The van der Waals surface area contributed by atoms with Gasteiger partial charge in [0.25, 0.3) is 0 Å². The van der Waals surface area contributed by atoms with Gasteiger partial charge in [0.15, 0.2) is 0 Å². The largest absolute Gasteiger partial charge is 0.380 e. The van der Waals surface area contributed by atoms with Gasteiger partial charge in [-0.3, -0.25) is 4.79 Å². The third-order valence-corrected chi connectivity index (χ3v) is 2.57. The van der Waals surface area contributed by atoms with Gasteiger partial charge in [-0.25, -0.2) is 0 Å². The van der Waals surface area contributed by atoms with E-state index in [9.17, 15) is 4.79 Å². The summed E-state index contributed by atoms with van der Waals surface area (Å²) in [4.78, 5) is 11.4. The lowest BCUT2D eigenvalue weighted by molar-refractivity contribution is -0.120. The average Bonchev–Trinajstić information content (AvgIpc) is 2.27. The number of carbonyl (C=O) groups is 1. The van der Waals surface area contributed by atoms with E-state index in [4.69, 9.17) is 4.74 Å². The fourth-order valence-corrected chi connectivity index (χ4v) is 1.20. The van der Waals surface area contributed by atoms with Crippen LogP contribution in [0.4, 0.5) is 0 Å². The van der Waals surface area contributed by atoms with Crippen LogP contribution in [0.2, 0.25) is 0 Å². The molecule has 0 heterocycles. The summed E-state index contributed by atoms with van der Waals surface area (Å²) in [6.07, 6.45) is 2.05. The molecule has 0 aliphatic heterocycles. The summed E-state index contributed by atoms with van der Waals surface area (Å²) in [5.41, 5.74) is 0. The zero-order valence-corrected chi connectivity index (χ0v) is 11.7. The normalized spacial score (nSPS) is 12.8. The van der Waals surface area contributed by atoms with Crippen LogP contribution in [0.5, 0.6) is 0 Å². The van der Waals surface area contributed by atoms with Crippen molar-refractivity contribution in [1.82, 2.24) is 10.6 Å². The summed E-state index contributed by atoms with van der Waals surface area (Å²) in [5, 5.41) is 5.97. The number of rotatable bonds is 10. The van der Waals surface area contributed by atoms with Gasteiger partial charge in [0.05, 0.1) is 13.2 Å². The van der Waals surface area contributed by atoms with E-state index in [0.29, 0.717) is 19.1 Å². The van der Waals surface area contributed by atoms with Gasteiger partial charge < -0.3 is 15.4 Å². The minimum atomic E-state index is 0.0570. The van der Waals surface area contributed by atoms with Gasteiger partial charge in [-0.2, -0.15) is 0 Å². The predicted octanol–water partition coefficient (Wildman–Crippen LogP) is 1.55. The molecule has 0 saturated carbocycles. The van der Waals surface area contributed by atoms with Crippen molar-refractivity contribution in [1.29, 1.82) is 0 Å². The number of nitrogens with one attached hydrogen (secondary N) is 2. The molecule has 4 heteroatoms. The van der Waals surface area contributed by atoms with Crippen molar-refractivity contribution < 1.29 is 9.53 Å². The number of ether oxygens (including phenoxy) is 1. The van der Waals surface area contributed by atoms with E-state index in [1.807, 2.05) is 6.92 Å². The molecule has 17 heavy (non-hydrogen) atoms. The van der Waals surface area contributed by atoms with E-state index in [0.717, 1.165) is 26.0 Å². The van der Waals surface area contributed by atoms with E-state index >= 15 is 0 Å². The van der Waals surface area contributed by atoms with Crippen LogP contribution in [0.25, 0.3) is 0 Å². The Labute approximate surface area is 105 Å². The molecule has 0 spiro atoms. The third kappa shape index (κ3) is 11.6. The van der Waals surface area contributed by atoms with Crippen molar-refractivity contribution in [3.8, 4) is 0 Å². The summed E-state index contributed by atoms with van der Waals surface area (Å²) in [6.45, 7) is 11.0. The van der Waals surface area contributed by atoms with Crippen LogP contribution in [-0.2, 0) is 9.53 Å². The Balaban J connectivity index is 3.25. The first-order valence-electron chi connectivity index (χ1n) is 6.64. The van der Waals surface area contributed by atoms with Crippen LogP contribution in [0.15, 0.2) is 0 Å². The molecule has 1 amide bonds. The molecule has 0 radical (unpaired) electrons. The number of amides is 1. The molecule has 1 atom stereocenters. The van der Waals surface area contributed by atoms with E-state index in [1.54, 1.807) is 0 Å². The van der Waals surface area contributed by atoms with Crippen molar-refractivity contribution in [2.75, 3.05) is 26.3 Å². The smallest absolute Gasteiger partial charge is 0.234 e. The highest BCUT2D eigenvalue weighted by atomic mass is 16.5. The lowest BCUT2D eigenvalue weighted by Gasteiger charge is -2.12. The van der Waals surface area contributed by atoms with Crippen molar-refractivity contribution >= 4 is 5.91 Å². The first-order chi connectivity index (χ1) is 8.06. The SMILES string of the molecule is CCC(C)NC(=O)CNCCOCCC(C)C. The van der Waals surface area contributed by atoms with Crippen LogP contribution in [0.1, 0.15) is 40.5 Å². The number of carbonyl (C=O) groups excluding carboxylic acids is 1. The molecular formula is C13H28N2O2. The quantitative estimate of drug-likeness (QED) is 0.573. The number of hydrogen-bond acceptors (Lipinski definition) is 3. The van der Waals surface area contributed by atoms with E-state index in [2.05, 4.69) is 31.4 Å². The molecule has 0 fully saturated rings. The van der Waals surface area contributed by atoms with Crippen LogP contribution >= 0.6 is 0 Å². The Kier molecular flexibility index (Phi) is 10.2. The maximum atomic E-state index is 11.4. The molecule has 0 aliphatic carbocycles. The fourth-order valence-electron chi connectivity index (χ4n) is 1.20. The minimum absolute atomic E-state index is 0.0570. The minimum Gasteiger partial charge on any atom is -0.380 e.